The van der Waals surface area contributed by atoms with Crippen LogP contribution in [-0.2, 0) is 18.4 Å². The maximum absolute atomic E-state index is 5.45. The van der Waals surface area contributed by atoms with Gasteiger partial charge in [-0.1, -0.05) is 24.3 Å². The normalized spacial score (nSPS) is 22.8. The zero-order chi connectivity index (χ0) is 16.3. The van der Waals surface area contributed by atoms with E-state index in [1.165, 1.54) is 33.3 Å². The fraction of sp³-hybridized carbons (Fsp3) is 0.333. The summed E-state index contributed by atoms with van der Waals surface area (Å²) in [5, 5.41) is 1.38. The van der Waals surface area contributed by atoms with Crippen molar-refractivity contribution in [3.8, 4) is 5.75 Å². The molecule has 1 unspecified atom stereocenters. The standard InChI is InChI=1S/C21H22N2O/c1-21-18-8-7-15(24-2)13-14(18)9-11-23(21)12-10-17-16-5-3-4-6-19(16)22-20(17)21/h3-8,13,22H,9-12H2,1-2H3. The van der Waals surface area contributed by atoms with Crippen LogP contribution in [-0.4, -0.2) is 30.1 Å². The maximum atomic E-state index is 5.45. The molecule has 0 saturated heterocycles. The molecule has 0 bridgehead atoms. The third-order valence-corrected chi connectivity index (χ3v) is 6.05. The third kappa shape index (κ3) is 1.71. The van der Waals surface area contributed by atoms with Crippen LogP contribution in [0.5, 0.6) is 5.75 Å². The molecular weight excluding hydrogens is 296 g/mol. The van der Waals surface area contributed by atoms with Crippen molar-refractivity contribution < 1.29 is 4.74 Å². The van der Waals surface area contributed by atoms with Gasteiger partial charge in [0.2, 0.25) is 0 Å². The maximum Gasteiger partial charge on any atom is 0.119 e. The Kier molecular flexibility index (Phi) is 2.86. The largest absolute Gasteiger partial charge is 0.497 e. The van der Waals surface area contributed by atoms with E-state index >= 15 is 0 Å². The monoisotopic (exact) mass is 318 g/mol. The van der Waals surface area contributed by atoms with Gasteiger partial charge < -0.3 is 9.72 Å². The molecule has 0 amide bonds. The first-order valence-corrected chi connectivity index (χ1v) is 8.74. The molecule has 122 valence electrons. The highest BCUT2D eigenvalue weighted by molar-refractivity contribution is 5.85. The fourth-order valence-corrected chi connectivity index (χ4v) is 4.78. The zero-order valence-corrected chi connectivity index (χ0v) is 14.2. The second-order valence-corrected chi connectivity index (χ2v) is 7.11. The van der Waals surface area contributed by atoms with Crippen LogP contribution >= 0.6 is 0 Å². The Morgan fingerprint density at radius 3 is 2.79 bits per heavy atom. The Labute approximate surface area is 142 Å². The highest BCUT2D eigenvalue weighted by atomic mass is 16.5. The van der Waals surface area contributed by atoms with Crippen molar-refractivity contribution >= 4 is 10.9 Å². The quantitative estimate of drug-likeness (QED) is 0.738. The summed E-state index contributed by atoms with van der Waals surface area (Å²) >= 11 is 0. The molecule has 0 aliphatic carbocycles. The third-order valence-electron chi connectivity index (χ3n) is 6.05. The van der Waals surface area contributed by atoms with Gasteiger partial charge in [-0.15, -0.1) is 0 Å². The molecule has 3 aromatic rings. The summed E-state index contributed by atoms with van der Waals surface area (Å²) in [6.45, 7) is 4.60. The van der Waals surface area contributed by atoms with Crippen molar-refractivity contribution in [1.82, 2.24) is 9.88 Å². The molecule has 1 atom stereocenters. The van der Waals surface area contributed by atoms with Gasteiger partial charge in [0.25, 0.3) is 0 Å². The van der Waals surface area contributed by atoms with Crippen molar-refractivity contribution in [3.63, 3.8) is 0 Å². The summed E-state index contributed by atoms with van der Waals surface area (Å²) in [5.74, 6) is 0.957. The predicted molar refractivity (Wildman–Crippen MR) is 96.7 cm³/mol. The molecule has 3 heterocycles. The lowest BCUT2D eigenvalue weighted by Crippen LogP contribution is -2.53. The highest BCUT2D eigenvalue weighted by Gasteiger charge is 2.45. The summed E-state index contributed by atoms with van der Waals surface area (Å²) in [6, 6.07) is 15.3. The predicted octanol–water partition coefficient (Wildman–Crippen LogP) is 3.85. The molecule has 24 heavy (non-hydrogen) atoms. The first kappa shape index (κ1) is 14.1. The van der Waals surface area contributed by atoms with Crippen LogP contribution in [0.1, 0.15) is 29.3 Å². The Balaban J connectivity index is 1.78. The Morgan fingerprint density at radius 1 is 1.08 bits per heavy atom. The molecule has 1 N–H and O–H groups in total. The Hall–Kier alpha value is -2.26. The van der Waals surface area contributed by atoms with Crippen LogP contribution in [0, 0.1) is 0 Å². The number of hydrogen-bond donors (Lipinski definition) is 1. The van der Waals surface area contributed by atoms with Crippen molar-refractivity contribution in [2.45, 2.75) is 25.3 Å². The fourth-order valence-electron chi connectivity index (χ4n) is 4.78. The first-order chi connectivity index (χ1) is 11.7. The average molecular weight is 318 g/mol. The lowest BCUT2D eigenvalue weighted by Gasteiger charge is -2.49. The molecule has 0 saturated carbocycles. The molecule has 5 rings (SSSR count). The number of benzene rings is 2. The van der Waals surface area contributed by atoms with Gasteiger partial charge in [0.05, 0.1) is 12.6 Å². The number of aromatic nitrogens is 1. The molecule has 3 nitrogen and oxygen atoms in total. The Bertz CT molecular complexity index is 942. The van der Waals surface area contributed by atoms with Gasteiger partial charge in [-0.2, -0.15) is 0 Å². The van der Waals surface area contributed by atoms with Gasteiger partial charge in [-0.25, -0.2) is 0 Å². The van der Waals surface area contributed by atoms with E-state index in [4.69, 9.17) is 4.74 Å². The lowest BCUT2D eigenvalue weighted by molar-refractivity contribution is 0.111. The van der Waals surface area contributed by atoms with Gasteiger partial charge in [-0.3, -0.25) is 4.90 Å². The number of hydrogen-bond acceptors (Lipinski definition) is 2. The molecule has 2 aliphatic heterocycles. The molecule has 0 spiro atoms. The van der Waals surface area contributed by atoms with Crippen molar-refractivity contribution in [3.05, 3.63) is 64.8 Å². The van der Waals surface area contributed by atoms with Gasteiger partial charge in [0.15, 0.2) is 0 Å². The molecule has 0 radical (unpaired) electrons. The molecule has 3 heteroatoms. The minimum atomic E-state index is -0.0769. The van der Waals surface area contributed by atoms with Crippen molar-refractivity contribution in [1.29, 1.82) is 0 Å². The van der Waals surface area contributed by atoms with Gasteiger partial charge in [0, 0.05) is 29.7 Å². The van der Waals surface area contributed by atoms with Gasteiger partial charge in [-0.05, 0) is 54.7 Å². The van der Waals surface area contributed by atoms with E-state index in [1.54, 1.807) is 7.11 Å². The van der Waals surface area contributed by atoms with Crippen LogP contribution in [0.2, 0.25) is 0 Å². The number of rotatable bonds is 1. The van der Waals surface area contributed by atoms with Crippen LogP contribution < -0.4 is 4.74 Å². The molecule has 2 aromatic carbocycles. The number of nitrogens with one attached hydrogen (secondary N) is 1. The van der Waals surface area contributed by atoms with Gasteiger partial charge in [0.1, 0.15) is 5.75 Å². The number of para-hydroxylation sites is 1. The van der Waals surface area contributed by atoms with E-state index in [-0.39, 0.29) is 5.54 Å². The number of methoxy groups -OCH3 is 1. The number of ether oxygens (including phenoxy) is 1. The van der Waals surface area contributed by atoms with E-state index in [2.05, 4.69) is 59.3 Å². The number of H-pyrrole nitrogens is 1. The molecule has 1 aromatic heterocycles. The van der Waals surface area contributed by atoms with E-state index in [0.29, 0.717) is 0 Å². The highest BCUT2D eigenvalue weighted by Crippen LogP contribution is 2.46. The van der Waals surface area contributed by atoms with E-state index in [0.717, 1.165) is 31.7 Å². The van der Waals surface area contributed by atoms with Crippen LogP contribution in [0.25, 0.3) is 10.9 Å². The minimum Gasteiger partial charge on any atom is -0.497 e. The van der Waals surface area contributed by atoms with Gasteiger partial charge >= 0.3 is 0 Å². The Morgan fingerprint density at radius 2 is 1.92 bits per heavy atom. The zero-order valence-electron chi connectivity index (χ0n) is 14.2. The SMILES string of the molecule is COc1ccc2c(c1)CCN1CCc3c([nH]c4ccccc34)C21C. The van der Waals surface area contributed by atoms with E-state index in [9.17, 15) is 0 Å². The first-order valence-electron chi connectivity index (χ1n) is 8.74. The van der Waals surface area contributed by atoms with Crippen LogP contribution in [0.3, 0.4) is 0 Å². The van der Waals surface area contributed by atoms with Crippen molar-refractivity contribution in [2.24, 2.45) is 0 Å². The van der Waals surface area contributed by atoms with Crippen LogP contribution in [0.15, 0.2) is 42.5 Å². The summed E-state index contributed by atoms with van der Waals surface area (Å²) in [5.41, 5.74) is 6.88. The average Bonchev–Trinajstić information content (AvgIpc) is 3.01. The molecule has 2 aliphatic rings. The van der Waals surface area contributed by atoms with E-state index in [1.807, 2.05) is 0 Å². The smallest absolute Gasteiger partial charge is 0.119 e. The number of nitrogens with zero attached hydrogens (tertiary/aromatic N) is 1. The number of aromatic amines is 1. The second-order valence-electron chi connectivity index (χ2n) is 7.11. The summed E-state index contributed by atoms with van der Waals surface area (Å²) in [6.07, 6.45) is 2.22. The summed E-state index contributed by atoms with van der Waals surface area (Å²) in [4.78, 5) is 6.39. The topological polar surface area (TPSA) is 28.3 Å². The minimum absolute atomic E-state index is 0.0769. The molecular formula is C21H22N2O. The van der Waals surface area contributed by atoms with Crippen LogP contribution in [0.4, 0.5) is 0 Å². The van der Waals surface area contributed by atoms with Crippen molar-refractivity contribution in [2.75, 3.05) is 20.2 Å². The summed E-state index contributed by atoms with van der Waals surface area (Å²) in [7, 11) is 1.75. The lowest BCUT2D eigenvalue weighted by atomic mass is 9.75. The number of fused-ring (bicyclic) bond motifs is 7. The van der Waals surface area contributed by atoms with E-state index < -0.39 is 0 Å². The second kappa shape index (κ2) is 4.87. The molecule has 0 fully saturated rings. The summed E-state index contributed by atoms with van der Waals surface area (Å²) < 4.78 is 5.45.